The smallest absolute Gasteiger partial charge is 0.225 e. The van der Waals surface area contributed by atoms with Gasteiger partial charge in [-0.25, -0.2) is 4.98 Å². The van der Waals surface area contributed by atoms with Gasteiger partial charge in [-0.1, -0.05) is 13.8 Å². The number of aromatic nitrogens is 1. The van der Waals surface area contributed by atoms with Crippen molar-refractivity contribution in [2.75, 3.05) is 13.1 Å². The molecule has 1 amide bonds. The van der Waals surface area contributed by atoms with Gasteiger partial charge in [-0.2, -0.15) is 0 Å². The minimum absolute atomic E-state index is 0. The molecule has 1 aliphatic rings. The summed E-state index contributed by atoms with van der Waals surface area (Å²) in [5.41, 5.74) is 0.971. The van der Waals surface area contributed by atoms with Crippen molar-refractivity contribution in [2.24, 2.45) is 11.8 Å². The molecular weight excluding hydrogens is 270 g/mol. The van der Waals surface area contributed by atoms with Crippen molar-refractivity contribution in [3.05, 3.63) is 16.1 Å². The van der Waals surface area contributed by atoms with E-state index in [2.05, 4.69) is 29.5 Å². The maximum atomic E-state index is 11.9. The van der Waals surface area contributed by atoms with Gasteiger partial charge in [-0.15, -0.1) is 23.7 Å². The Morgan fingerprint density at radius 3 is 2.94 bits per heavy atom. The number of amides is 1. The molecule has 0 spiro atoms. The molecule has 1 saturated heterocycles. The average Bonchev–Trinajstić information content (AvgIpc) is 2.94. The Balaban J connectivity index is 0.00000162. The van der Waals surface area contributed by atoms with Crippen LogP contribution in [-0.2, 0) is 17.8 Å². The highest BCUT2D eigenvalue weighted by Crippen LogP contribution is 2.16. The van der Waals surface area contributed by atoms with Crippen LogP contribution >= 0.6 is 23.7 Å². The van der Waals surface area contributed by atoms with E-state index in [1.807, 2.05) is 5.38 Å². The number of nitrogens with one attached hydrogen (secondary N) is 2. The minimum Gasteiger partial charge on any atom is -0.350 e. The lowest BCUT2D eigenvalue weighted by atomic mass is 9.97. The standard InChI is InChI=1S/C12H19N3OS.ClH/c1-3-11-15-9(7-17-11)5-14-12(16)10-6-13-4-8(10)2;/h7-8,10,13H,3-6H2,1-2H3,(H,14,16);1H/t8-,10-;/m1./s1. The molecular formula is C12H20ClN3OS. The van der Waals surface area contributed by atoms with Crippen LogP contribution < -0.4 is 10.6 Å². The highest BCUT2D eigenvalue weighted by atomic mass is 35.5. The Morgan fingerprint density at radius 1 is 1.61 bits per heavy atom. The predicted molar refractivity (Wildman–Crippen MR) is 76.1 cm³/mol. The van der Waals surface area contributed by atoms with Crippen LogP contribution in [0.1, 0.15) is 24.5 Å². The molecule has 18 heavy (non-hydrogen) atoms. The van der Waals surface area contributed by atoms with E-state index in [0.29, 0.717) is 12.5 Å². The maximum Gasteiger partial charge on any atom is 0.225 e. The lowest BCUT2D eigenvalue weighted by Gasteiger charge is -2.13. The van der Waals surface area contributed by atoms with Crippen LogP contribution in [-0.4, -0.2) is 24.0 Å². The fourth-order valence-corrected chi connectivity index (χ4v) is 2.81. The second-order valence-corrected chi connectivity index (χ2v) is 5.49. The van der Waals surface area contributed by atoms with E-state index >= 15 is 0 Å². The van der Waals surface area contributed by atoms with Gasteiger partial charge in [0, 0.05) is 11.9 Å². The molecule has 4 nitrogen and oxygen atoms in total. The van der Waals surface area contributed by atoms with E-state index in [-0.39, 0.29) is 24.2 Å². The topological polar surface area (TPSA) is 54.0 Å². The van der Waals surface area contributed by atoms with E-state index < -0.39 is 0 Å². The normalized spacial score (nSPS) is 22.6. The number of carbonyl (C=O) groups is 1. The highest BCUT2D eigenvalue weighted by molar-refractivity contribution is 7.09. The summed E-state index contributed by atoms with van der Waals surface area (Å²) in [7, 11) is 0. The summed E-state index contributed by atoms with van der Waals surface area (Å²) in [6.07, 6.45) is 0.961. The van der Waals surface area contributed by atoms with Crippen LogP contribution in [0.3, 0.4) is 0 Å². The van der Waals surface area contributed by atoms with Crippen molar-refractivity contribution in [2.45, 2.75) is 26.8 Å². The first-order valence-electron chi connectivity index (χ1n) is 6.12. The van der Waals surface area contributed by atoms with Gasteiger partial charge < -0.3 is 10.6 Å². The third kappa shape index (κ3) is 3.67. The van der Waals surface area contributed by atoms with Crippen molar-refractivity contribution in [1.82, 2.24) is 15.6 Å². The molecule has 0 unspecified atom stereocenters. The number of carbonyl (C=O) groups excluding carboxylic acids is 1. The molecule has 0 bridgehead atoms. The molecule has 1 aliphatic heterocycles. The van der Waals surface area contributed by atoms with Crippen molar-refractivity contribution in [1.29, 1.82) is 0 Å². The zero-order valence-electron chi connectivity index (χ0n) is 10.7. The fraction of sp³-hybridized carbons (Fsp3) is 0.667. The second kappa shape index (κ2) is 7.07. The Bertz CT molecular complexity index is 396. The third-order valence-electron chi connectivity index (χ3n) is 3.20. The van der Waals surface area contributed by atoms with E-state index in [0.717, 1.165) is 30.2 Å². The van der Waals surface area contributed by atoms with E-state index in [1.54, 1.807) is 11.3 Å². The van der Waals surface area contributed by atoms with Gasteiger partial charge in [0.2, 0.25) is 5.91 Å². The molecule has 0 saturated carbocycles. The summed E-state index contributed by atoms with van der Waals surface area (Å²) >= 11 is 1.66. The molecule has 0 aliphatic carbocycles. The maximum absolute atomic E-state index is 11.9. The number of rotatable bonds is 4. The summed E-state index contributed by atoms with van der Waals surface area (Å²) in [5, 5.41) is 9.37. The van der Waals surface area contributed by atoms with Crippen LogP contribution in [0.25, 0.3) is 0 Å². The largest absolute Gasteiger partial charge is 0.350 e. The molecule has 0 aromatic carbocycles. The summed E-state index contributed by atoms with van der Waals surface area (Å²) in [6, 6.07) is 0. The van der Waals surface area contributed by atoms with Gasteiger partial charge in [-0.3, -0.25) is 4.79 Å². The molecule has 2 atom stereocenters. The molecule has 1 fully saturated rings. The van der Waals surface area contributed by atoms with Crippen molar-refractivity contribution in [3.63, 3.8) is 0 Å². The molecule has 102 valence electrons. The number of hydrogen-bond acceptors (Lipinski definition) is 4. The lowest BCUT2D eigenvalue weighted by molar-refractivity contribution is -0.125. The van der Waals surface area contributed by atoms with Crippen LogP contribution in [0.5, 0.6) is 0 Å². The van der Waals surface area contributed by atoms with Crippen LogP contribution in [0.15, 0.2) is 5.38 Å². The van der Waals surface area contributed by atoms with Gasteiger partial charge in [-0.05, 0) is 18.9 Å². The minimum atomic E-state index is 0. The molecule has 1 aromatic rings. The van der Waals surface area contributed by atoms with Crippen LogP contribution in [0.2, 0.25) is 0 Å². The van der Waals surface area contributed by atoms with E-state index in [9.17, 15) is 4.79 Å². The Kier molecular flexibility index (Phi) is 6.05. The number of aryl methyl sites for hydroxylation is 1. The number of hydrogen-bond donors (Lipinski definition) is 2. The molecule has 2 N–H and O–H groups in total. The molecule has 2 rings (SSSR count). The first-order valence-corrected chi connectivity index (χ1v) is 7.00. The summed E-state index contributed by atoms with van der Waals surface area (Å²) in [5.74, 6) is 0.685. The average molecular weight is 290 g/mol. The number of thiazole rings is 1. The Labute approximate surface area is 118 Å². The number of halogens is 1. The zero-order chi connectivity index (χ0) is 12.3. The first kappa shape index (κ1) is 15.4. The lowest BCUT2D eigenvalue weighted by Crippen LogP contribution is -2.33. The van der Waals surface area contributed by atoms with Gasteiger partial charge in [0.15, 0.2) is 0 Å². The quantitative estimate of drug-likeness (QED) is 0.885. The van der Waals surface area contributed by atoms with Gasteiger partial charge in [0.05, 0.1) is 23.2 Å². The molecule has 1 aromatic heterocycles. The molecule has 6 heteroatoms. The second-order valence-electron chi connectivity index (χ2n) is 4.55. The molecule has 2 heterocycles. The fourth-order valence-electron chi connectivity index (χ4n) is 2.06. The third-order valence-corrected chi connectivity index (χ3v) is 4.24. The SMILES string of the molecule is CCc1nc(CNC(=O)[C@@H]2CNC[C@H]2C)cs1.Cl. The Morgan fingerprint density at radius 2 is 2.39 bits per heavy atom. The summed E-state index contributed by atoms with van der Waals surface area (Å²) in [6.45, 7) is 6.49. The van der Waals surface area contributed by atoms with Crippen LogP contribution in [0, 0.1) is 11.8 Å². The van der Waals surface area contributed by atoms with E-state index in [1.165, 1.54) is 0 Å². The zero-order valence-corrected chi connectivity index (χ0v) is 12.4. The van der Waals surface area contributed by atoms with Gasteiger partial charge in [0.1, 0.15) is 0 Å². The Hall–Kier alpha value is -0.650. The summed E-state index contributed by atoms with van der Waals surface area (Å²) in [4.78, 5) is 16.4. The highest BCUT2D eigenvalue weighted by Gasteiger charge is 2.29. The predicted octanol–water partition coefficient (Wildman–Crippen LogP) is 1.60. The first-order chi connectivity index (χ1) is 8.20. The number of nitrogens with zero attached hydrogens (tertiary/aromatic N) is 1. The van der Waals surface area contributed by atoms with Crippen LogP contribution in [0.4, 0.5) is 0 Å². The van der Waals surface area contributed by atoms with Gasteiger partial charge >= 0.3 is 0 Å². The van der Waals surface area contributed by atoms with Gasteiger partial charge in [0.25, 0.3) is 0 Å². The van der Waals surface area contributed by atoms with Crippen molar-refractivity contribution >= 4 is 29.7 Å². The monoisotopic (exact) mass is 289 g/mol. The van der Waals surface area contributed by atoms with Crippen molar-refractivity contribution in [3.8, 4) is 0 Å². The molecule has 0 radical (unpaired) electrons. The summed E-state index contributed by atoms with van der Waals surface area (Å²) < 4.78 is 0. The van der Waals surface area contributed by atoms with Crippen molar-refractivity contribution < 1.29 is 4.79 Å². The van der Waals surface area contributed by atoms with E-state index in [4.69, 9.17) is 0 Å².